The molecule has 0 bridgehead atoms. The molecule has 0 aromatic carbocycles. The molecule has 2 atom stereocenters. The van der Waals surface area contributed by atoms with E-state index < -0.39 is 7.94 Å². The van der Waals surface area contributed by atoms with Gasteiger partial charge in [-0.1, -0.05) is 13.8 Å². The molecule has 0 aliphatic carbocycles. The molecule has 0 aromatic heterocycles. The van der Waals surface area contributed by atoms with Crippen LogP contribution >= 0.6 is 7.94 Å². The van der Waals surface area contributed by atoms with Gasteiger partial charge in [0.15, 0.2) is 5.31 Å². The minimum absolute atomic E-state index is 0.156. The van der Waals surface area contributed by atoms with Crippen LogP contribution in [-0.4, -0.2) is 18.5 Å². The minimum Gasteiger partial charge on any atom is -0.627 e. The molecular weight excluding hydrogens is 215 g/mol. The highest BCUT2D eigenvalue weighted by atomic mass is 31.2. The van der Waals surface area contributed by atoms with Crippen LogP contribution in [0.5, 0.6) is 0 Å². The summed E-state index contributed by atoms with van der Waals surface area (Å²) in [6.07, 6.45) is 1.28. The first-order valence-corrected chi connectivity index (χ1v) is 6.64. The predicted molar refractivity (Wildman–Crippen MR) is 57.0 cm³/mol. The van der Waals surface area contributed by atoms with Gasteiger partial charge in [-0.2, -0.15) is 4.52 Å². The van der Waals surface area contributed by atoms with Crippen LogP contribution in [0.4, 0.5) is 0 Å². The fourth-order valence-electron chi connectivity index (χ4n) is 1.40. The zero-order valence-corrected chi connectivity index (χ0v) is 10.4. The fourth-order valence-corrected chi connectivity index (χ4v) is 3.48. The van der Waals surface area contributed by atoms with Gasteiger partial charge in [-0.3, -0.25) is 4.79 Å². The molecule has 0 N–H and O–H groups in total. The molecule has 0 radical (unpaired) electrons. The highest BCUT2D eigenvalue weighted by Crippen LogP contribution is 2.65. The minimum atomic E-state index is -3.33. The maximum Gasteiger partial charge on any atom is 0.275 e. The van der Waals surface area contributed by atoms with E-state index in [1.807, 2.05) is 0 Å². The number of allylic oxidation sites excluding steroid dienone is 1. The van der Waals surface area contributed by atoms with E-state index in [0.29, 0.717) is 0 Å². The van der Waals surface area contributed by atoms with Gasteiger partial charge in [0.2, 0.25) is 5.78 Å². The summed E-state index contributed by atoms with van der Waals surface area (Å²) in [5.74, 6) is -0.352. The lowest BCUT2D eigenvalue weighted by Crippen LogP contribution is -2.21. The average molecular weight is 232 g/mol. The molecule has 0 amide bonds. The molecule has 1 aliphatic heterocycles. The van der Waals surface area contributed by atoms with Crippen LogP contribution in [0.1, 0.15) is 27.7 Å². The van der Waals surface area contributed by atoms with E-state index in [1.165, 1.54) is 0 Å². The molecule has 4 nitrogen and oxygen atoms in total. The number of rotatable bonds is 4. The second kappa shape index (κ2) is 4.71. The van der Waals surface area contributed by atoms with Crippen LogP contribution in [0, 0.1) is 5.92 Å². The van der Waals surface area contributed by atoms with E-state index in [0.717, 1.165) is 0 Å². The Kier molecular flexibility index (Phi) is 4.01. The Balaban J connectivity index is 2.93. The molecule has 0 aromatic rings. The predicted octanol–water partition coefficient (Wildman–Crippen LogP) is 1.67. The molecule has 1 heterocycles. The van der Waals surface area contributed by atoms with Gasteiger partial charge in [-0.15, -0.1) is 0 Å². The lowest BCUT2D eigenvalue weighted by atomic mass is 10.1. The van der Waals surface area contributed by atoms with Gasteiger partial charge in [-0.05, 0) is 19.9 Å². The van der Waals surface area contributed by atoms with Crippen molar-refractivity contribution < 1.29 is 18.7 Å². The molecule has 15 heavy (non-hydrogen) atoms. The van der Waals surface area contributed by atoms with Crippen molar-refractivity contribution in [3.63, 3.8) is 0 Å². The third kappa shape index (κ3) is 2.64. The lowest BCUT2D eigenvalue weighted by molar-refractivity contribution is -0.215. The van der Waals surface area contributed by atoms with Crippen molar-refractivity contribution >= 4 is 13.7 Å². The van der Waals surface area contributed by atoms with Crippen LogP contribution in [0.25, 0.3) is 0 Å². The number of carbonyl (C=O) groups is 1. The fraction of sp³-hybridized carbons (Fsp3) is 0.700. The number of ketones is 1. The highest BCUT2D eigenvalue weighted by Gasteiger charge is 2.47. The Morgan fingerprint density at radius 2 is 2.33 bits per heavy atom. The Hall–Kier alpha value is -0.280. The van der Waals surface area contributed by atoms with Gasteiger partial charge in [0, 0.05) is 5.92 Å². The molecule has 86 valence electrons. The molecule has 0 saturated carbocycles. The van der Waals surface area contributed by atoms with Crippen LogP contribution in [0.3, 0.4) is 0 Å². The maximum absolute atomic E-state index is 12.2. The molecule has 0 spiro atoms. The second-order valence-electron chi connectivity index (χ2n) is 3.80. The normalized spacial score (nSPS) is 30.8. The third-order valence-electron chi connectivity index (χ3n) is 2.07. The van der Waals surface area contributed by atoms with Crippen molar-refractivity contribution in [3.05, 3.63) is 11.4 Å². The molecule has 1 rings (SSSR count). The first-order chi connectivity index (χ1) is 6.90. The summed E-state index contributed by atoms with van der Waals surface area (Å²) < 4.78 is 10.3. The van der Waals surface area contributed by atoms with Gasteiger partial charge >= 0.3 is 0 Å². The summed E-state index contributed by atoms with van der Waals surface area (Å²) in [6.45, 7) is 7.27. The summed E-state index contributed by atoms with van der Waals surface area (Å²) in [4.78, 5) is 23.9. The Labute approximate surface area is 90.9 Å². The van der Waals surface area contributed by atoms with Crippen molar-refractivity contribution in [1.29, 1.82) is 0 Å². The van der Waals surface area contributed by atoms with Gasteiger partial charge in [0.1, 0.15) is 6.10 Å². The third-order valence-corrected chi connectivity index (χ3v) is 4.24. The molecule has 5 heteroatoms. The van der Waals surface area contributed by atoms with Gasteiger partial charge in [0.25, 0.3) is 7.94 Å². The van der Waals surface area contributed by atoms with Gasteiger partial charge < -0.3 is 4.89 Å². The van der Waals surface area contributed by atoms with Gasteiger partial charge in [0.05, 0.1) is 6.61 Å². The van der Waals surface area contributed by atoms with E-state index in [-0.39, 0.29) is 29.7 Å². The average Bonchev–Trinajstić information content (AvgIpc) is 2.40. The zero-order chi connectivity index (χ0) is 11.6. The first kappa shape index (κ1) is 12.8. The first-order valence-electron chi connectivity index (χ1n) is 5.10. The topological polar surface area (TPSA) is 58.6 Å². The molecule has 0 fully saturated rings. The van der Waals surface area contributed by atoms with Gasteiger partial charge in [-0.25, -0.2) is 4.52 Å². The number of carbonyl (C=O) groups excluding carboxylic acids is 1. The number of hydrogen-bond acceptors (Lipinski definition) is 4. The van der Waals surface area contributed by atoms with E-state index in [4.69, 9.17) is 9.05 Å². The summed E-state index contributed by atoms with van der Waals surface area (Å²) in [6, 6.07) is 0. The van der Waals surface area contributed by atoms with Crippen molar-refractivity contribution in [2.45, 2.75) is 33.8 Å². The largest absolute Gasteiger partial charge is 0.627 e. The van der Waals surface area contributed by atoms with E-state index in [9.17, 15) is 9.69 Å². The second-order valence-corrected chi connectivity index (χ2v) is 5.74. The Bertz CT molecular complexity index is 287. The quantitative estimate of drug-likeness (QED) is 0.692. The zero-order valence-electron chi connectivity index (χ0n) is 9.52. The van der Waals surface area contributed by atoms with E-state index in [1.54, 1.807) is 33.8 Å². The summed E-state index contributed by atoms with van der Waals surface area (Å²) >= 11 is 0. The summed E-state index contributed by atoms with van der Waals surface area (Å²) in [5, 5.41) is 0.215. The summed E-state index contributed by atoms with van der Waals surface area (Å²) in [5.41, 5.74) is 0. The highest BCUT2D eigenvalue weighted by molar-refractivity contribution is 7.65. The monoisotopic (exact) mass is 232 g/mol. The van der Waals surface area contributed by atoms with Crippen molar-refractivity contribution in [3.8, 4) is 0 Å². The van der Waals surface area contributed by atoms with Crippen molar-refractivity contribution in [2.75, 3.05) is 6.61 Å². The standard InChI is InChI=1S/C10H17O4P/c1-5-13-15(12)9(6-8(4)14-15)10(11)7(2)3/h6-8H,5H2,1-4H3. The van der Waals surface area contributed by atoms with Crippen LogP contribution in [-0.2, 0) is 13.8 Å². The van der Waals surface area contributed by atoms with E-state index in [2.05, 4.69) is 0 Å². The Morgan fingerprint density at radius 3 is 2.80 bits per heavy atom. The Morgan fingerprint density at radius 1 is 1.73 bits per heavy atom. The molecule has 2 unspecified atom stereocenters. The van der Waals surface area contributed by atoms with Crippen LogP contribution < -0.4 is 4.89 Å². The smallest absolute Gasteiger partial charge is 0.275 e. The molecular formula is C10H17O4P. The maximum atomic E-state index is 12.2. The number of Topliss-reactive ketones (excluding diaryl/α,β-unsaturated/α-hetero) is 1. The molecule has 0 saturated heterocycles. The van der Waals surface area contributed by atoms with Crippen molar-refractivity contribution in [2.24, 2.45) is 5.92 Å². The van der Waals surface area contributed by atoms with E-state index >= 15 is 0 Å². The lowest BCUT2D eigenvalue weighted by Gasteiger charge is -2.24. The van der Waals surface area contributed by atoms with Crippen molar-refractivity contribution in [1.82, 2.24) is 0 Å². The number of hydrogen-bond donors (Lipinski definition) is 0. The van der Waals surface area contributed by atoms with Crippen LogP contribution in [0.2, 0.25) is 0 Å². The summed E-state index contributed by atoms with van der Waals surface area (Å²) in [7, 11) is -3.33. The van der Waals surface area contributed by atoms with Crippen LogP contribution in [0.15, 0.2) is 11.4 Å². The SMILES string of the molecule is CCO[P+]1([O-])OC(C)C=C1C(=O)C(C)C. The molecule has 1 aliphatic rings.